The highest BCUT2D eigenvalue weighted by atomic mass is 79.9. The van der Waals surface area contributed by atoms with Crippen molar-refractivity contribution < 1.29 is 19.0 Å². The van der Waals surface area contributed by atoms with Crippen LogP contribution in [0, 0.1) is 0 Å². The topological polar surface area (TPSA) is 48.0 Å². The largest absolute Gasteiger partial charge is 0.493 e. The Morgan fingerprint density at radius 2 is 1.76 bits per heavy atom. The molecule has 0 unspecified atom stereocenters. The van der Waals surface area contributed by atoms with Gasteiger partial charge < -0.3 is 19.1 Å². The molecule has 0 amide bonds. The summed E-state index contributed by atoms with van der Waals surface area (Å²) in [4.78, 5) is 15.1. The molecule has 1 atom stereocenters. The van der Waals surface area contributed by atoms with Crippen LogP contribution in [0.25, 0.3) is 5.70 Å². The SMILES string of the molecule is COC(=O)C1=C2c3cc(OC)c(OC)cc3CCN2C=C[C@H]1c1ccc(Br)cc1. The molecule has 0 spiro atoms. The van der Waals surface area contributed by atoms with Crippen LogP contribution < -0.4 is 9.47 Å². The minimum atomic E-state index is -0.329. The first kappa shape index (κ1) is 19.6. The molecule has 0 fully saturated rings. The van der Waals surface area contributed by atoms with E-state index >= 15 is 0 Å². The molecule has 0 aliphatic carbocycles. The molecule has 0 aromatic heterocycles. The zero-order chi connectivity index (χ0) is 20.5. The third-order valence-electron chi connectivity index (χ3n) is 5.43. The van der Waals surface area contributed by atoms with E-state index in [0.29, 0.717) is 17.1 Å². The number of methoxy groups -OCH3 is 3. The van der Waals surface area contributed by atoms with E-state index in [1.165, 1.54) is 7.11 Å². The fourth-order valence-corrected chi connectivity index (χ4v) is 4.28. The lowest BCUT2D eigenvalue weighted by molar-refractivity contribution is -0.136. The summed E-state index contributed by atoms with van der Waals surface area (Å²) in [5, 5.41) is 0. The molecule has 2 aliphatic rings. The number of ether oxygens (including phenoxy) is 3. The molecule has 150 valence electrons. The van der Waals surface area contributed by atoms with Gasteiger partial charge in [-0.25, -0.2) is 4.79 Å². The molecular weight excluding hydrogens is 434 g/mol. The molecule has 0 N–H and O–H groups in total. The Kier molecular flexibility index (Phi) is 5.37. The Balaban J connectivity index is 1.94. The zero-order valence-corrected chi connectivity index (χ0v) is 18.2. The van der Waals surface area contributed by atoms with Crippen molar-refractivity contribution in [2.45, 2.75) is 12.3 Å². The molecule has 2 aliphatic heterocycles. The Bertz CT molecular complexity index is 1010. The fraction of sp³-hybridized carbons (Fsp3) is 0.261. The lowest BCUT2D eigenvalue weighted by atomic mass is 9.82. The predicted octanol–water partition coefficient (Wildman–Crippen LogP) is 4.52. The van der Waals surface area contributed by atoms with Crippen molar-refractivity contribution in [1.82, 2.24) is 4.90 Å². The maximum absolute atomic E-state index is 13.0. The third-order valence-corrected chi connectivity index (χ3v) is 5.96. The average Bonchev–Trinajstić information content (AvgIpc) is 2.77. The van der Waals surface area contributed by atoms with E-state index < -0.39 is 0 Å². The first-order valence-corrected chi connectivity index (χ1v) is 10.1. The molecule has 5 nitrogen and oxygen atoms in total. The van der Waals surface area contributed by atoms with Crippen LogP contribution in [0.2, 0.25) is 0 Å². The highest BCUT2D eigenvalue weighted by molar-refractivity contribution is 9.10. The van der Waals surface area contributed by atoms with Crippen molar-refractivity contribution in [2.24, 2.45) is 0 Å². The quantitative estimate of drug-likeness (QED) is 0.634. The molecule has 2 aromatic rings. The summed E-state index contributed by atoms with van der Waals surface area (Å²) in [7, 11) is 4.67. The summed E-state index contributed by atoms with van der Waals surface area (Å²) in [6.45, 7) is 0.780. The normalized spacial score (nSPS) is 17.5. The summed E-state index contributed by atoms with van der Waals surface area (Å²) in [6, 6.07) is 12.0. The lowest BCUT2D eigenvalue weighted by Crippen LogP contribution is -2.32. The van der Waals surface area contributed by atoms with Crippen LogP contribution in [-0.4, -0.2) is 38.7 Å². The van der Waals surface area contributed by atoms with E-state index in [9.17, 15) is 4.79 Å². The van der Waals surface area contributed by atoms with Gasteiger partial charge in [-0.1, -0.05) is 34.1 Å². The van der Waals surface area contributed by atoms with Gasteiger partial charge in [0.15, 0.2) is 11.5 Å². The highest BCUT2D eigenvalue weighted by Gasteiger charge is 2.35. The second kappa shape index (κ2) is 7.95. The van der Waals surface area contributed by atoms with Gasteiger partial charge in [0, 0.05) is 28.7 Å². The van der Waals surface area contributed by atoms with Gasteiger partial charge in [0.2, 0.25) is 0 Å². The second-order valence-electron chi connectivity index (χ2n) is 6.93. The lowest BCUT2D eigenvalue weighted by Gasteiger charge is -2.37. The fourth-order valence-electron chi connectivity index (χ4n) is 4.02. The van der Waals surface area contributed by atoms with Gasteiger partial charge in [0.05, 0.1) is 32.6 Å². The Labute approximate surface area is 178 Å². The van der Waals surface area contributed by atoms with Gasteiger partial charge in [0.25, 0.3) is 0 Å². The van der Waals surface area contributed by atoms with Crippen LogP contribution in [-0.2, 0) is 16.0 Å². The summed E-state index contributed by atoms with van der Waals surface area (Å²) < 4.78 is 17.2. The van der Waals surface area contributed by atoms with E-state index in [1.54, 1.807) is 14.2 Å². The number of nitrogens with zero attached hydrogens (tertiary/aromatic N) is 1. The van der Waals surface area contributed by atoms with Gasteiger partial charge in [-0.05, 0) is 41.8 Å². The van der Waals surface area contributed by atoms with Crippen LogP contribution in [0.15, 0.2) is 58.7 Å². The van der Waals surface area contributed by atoms with Crippen LogP contribution in [0.3, 0.4) is 0 Å². The molecule has 2 aromatic carbocycles. The molecule has 0 radical (unpaired) electrons. The molecule has 0 saturated carbocycles. The van der Waals surface area contributed by atoms with Crippen molar-refractivity contribution in [2.75, 3.05) is 27.9 Å². The standard InChI is InChI=1S/C23H22BrNO4/c1-27-19-12-15-8-10-25-11-9-17(14-4-6-16(24)7-5-14)21(23(26)29-3)22(25)18(15)13-20(19)28-2/h4-7,9,11-13,17H,8,10H2,1-3H3/t17-/m0/s1. The first-order valence-electron chi connectivity index (χ1n) is 9.35. The van der Waals surface area contributed by atoms with Crippen LogP contribution in [0.4, 0.5) is 0 Å². The molecular formula is C23H22BrNO4. The van der Waals surface area contributed by atoms with Crippen molar-refractivity contribution in [3.8, 4) is 11.5 Å². The summed E-state index contributed by atoms with van der Waals surface area (Å²) in [5.74, 6) is 0.807. The number of allylic oxidation sites excluding steroid dienone is 1. The zero-order valence-electron chi connectivity index (χ0n) is 16.6. The summed E-state index contributed by atoms with van der Waals surface area (Å²) >= 11 is 3.48. The first-order chi connectivity index (χ1) is 14.1. The Morgan fingerprint density at radius 3 is 2.41 bits per heavy atom. The van der Waals surface area contributed by atoms with E-state index in [4.69, 9.17) is 14.2 Å². The van der Waals surface area contributed by atoms with Crippen LogP contribution in [0.5, 0.6) is 11.5 Å². The maximum Gasteiger partial charge on any atom is 0.336 e. The van der Waals surface area contributed by atoms with Crippen LogP contribution in [0.1, 0.15) is 22.6 Å². The molecule has 6 heteroatoms. The van der Waals surface area contributed by atoms with Gasteiger partial charge >= 0.3 is 5.97 Å². The Morgan fingerprint density at radius 1 is 1.07 bits per heavy atom. The Hall–Kier alpha value is -2.73. The van der Waals surface area contributed by atoms with E-state index in [2.05, 4.69) is 33.1 Å². The molecule has 0 bridgehead atoms. The number of benzene rings is 2. The van der Waals surface area contributed by atoms with Crippen molar-refractivity contribution in [3.63, 3.8) is 0 Å². The smallest absolute Gasteiger partial charge is 0.336 e. The molecule has 29 heavy (non-hydrogen) atoms. The van der Waals surface area contributed by atoms with Crippen molar-refractivity contribution in [3.05, 3.63) is 75.4 Å². The minimum Gasteiger partial charge on any atom is -0.493 e. The van der Waals surface area contributed by atoms with Gasteiger partial charge in [0.1, 0.15) is 0 Å². The van der Waals surface area contributed by atoms with Crippen molar-refractivity contribution in [1.29, 1.82) is 0 Å². The second-order valence-corrected chi connectivity index (χ2v) is 7.85. The van der Waals surface area contributed by atoms with Gasteiger partial charge in [-0.2, -0.15) is 0 Å². The number of fused-ring (bicyclic) bond motifs is 3. The molecule has 4 rings (SSSR count). The third kappa shape index (κ3) is 3.42. The minimum absolute atomic E-state index is 0.194. The maximum atomic E-state index is 13.0. The predicted molar refractivity (Wildman–Crippen MR) is 115 cm³/mol. The average molecular weight is 456 g/mol. The van der Waals surface area contributed by atoms with E-state index in [0.717, 1.165) is 39.8 Å². The number of rotatable bonds is 4. The van der Waals surface area contributed by atoms with E-state index in [1.807, 2.05) is 36.4 Å². The number of halogens is 1. The summed E-state index contributed by atoms with van der Waals surface area (Å²) in [6.07, 6.45) is 4.97. The monoisotopic (exact) mass is 455 g/mol. The number of hydrogen-bond acceptors (Lipinski definition) is 5. The highest BCUT2D eigenvalue weighted by Crippen LogP contribution is 2.44. The number of hydrogen-bond donors (Lipinski definition) is 0. The van der Waals surface area contributed by atoms with Crippen molar-refractivity contribution >= 4 is 27.6 Å². The van der Waals surface area contributed by atoms with Crippen LogP contribution >= 0.6 is 15.9 Å². The van der Waals surface area contributed by atoms with Gasteiger partial charge in [-0.3, -0.25) is 0 Å². The number of esters is 1. The molecule has 2 heterocycles. The van der Waals surface area contributed by atoms with E-state index in [-0.39, 0.29) is 11.9 Å². The van der Waals surface area contributed by atoms with Gasteiger partial charge in [-0.15, -0.1) is 0 Å². The summed E-state index contributed by atoms with van der Waals surface area (Å²) in [5.41, 5.74) is 4.63. The molecule has 0 saturated heterocycles. The number of carbonyl (C=O) groups is 1. The number of carbonyl (C=O) groups excluding carboxylic acids is 1.